The van der Waals surface area contributed by atoms with Crippen LogP contribution in [0.25, 0.3) is 0 Å². The average molecular weight is 479 g/mol. The summed E-state index contributed by atoms with van der Waals surface area (Å²) in [6.07, 6.45) is 8.50. The highest BCUT2D eigenvalue weighted by Gasteiger charge is 2.51. The molecule has 0 aromatic heterocycles. The number of benzene rings is 3. The number of nitrogens with one attached hydrogen (secondary N) is 2. The lowest BCUT2D eigenvalue weighted by Crippen LogP contribution is -2.48. The van der Waals surface area contributed by atoms with E-state index in [0.717, 1.165) is 29.0 Å². The van der Waals surface area contributed by atoms with Crippen LogP contribution in [0.1, 0.15) is 72.5 Å². The van der Waals surface area contributed by atoms with Crippen LogP contribution >= 0.6 is 0 Å². The van der Waals surface area contributed by atoms with Gasteiger partial charge in [0.2, 0.25) is 5.91 Å². The van der Waals surface area contributed by atoms with E-state index in [9.17, 15) is 9.59 Å². The van der Waals surface area contributed by atoms with E-state index < -0.39 is 6.04 Å². The molecule has 4 bridgehead atoms. The summed E-state index contributed by atoms with van der Waals surface area (Å²) in [4.78, 5) is 25.9. The fourth-order valence-electron chi connectivity index (χ4n) is 7.54. The molecule has 4 saturated carbocycles. The van der Waals surface area contributed by atoms with Crippen LogP contribution < -0.4 is 10.6 Å². The molecule has 1 atom stereocenters. The molecule has 4 aliphatic rings. The summed E-state index contributed by atoms with van der Waals surface area (Å²) in [6.45, 7) is 0. The molecule has 2 amide bonds. The predicted molar refractivity (Wildman–Crippen MR) is 143 cm³/mol. The second-order valence-corrected chi connectivity index (χ2v) is 11.3. The van der Waals surface area contributed by atoms with Crippen molar-refractivity contribution in [2.24, 2.45) is 17.8 Å². The Morgan fingerprint density at radius 3 is 1.89 bits per heavy atom. The maximum Gasteiger partial charge on any atom is 0.251 e. The summed E-state index contributed by atoms with van der Waals surface area (Å²) in [7, 11) is 0. The monoisotopic (exact) mass is 478 g/mol. The number of carbonyl (C=O) groups excluding carboxylic acids is 2. The lowest BCUT2D eigenvalue weighted by Gasteiger charge is -2.57. The van der Waals surface area contributed by atoms with Crippen molar-refractivity contribution < 1.29 is 9.59 Å². The molecule has 3 aromatic carbocycles. The minimum atomic E-state index is -0.412. The molecular formula is C32H34N2O2. The Bertz CT molecular complexity index is 1180. The standard InChI is InChI=1S/C32H34N2O2/c35-30(18-29(25-7-3-1-4-8-25)34-31(36)26-9-5-2-6-10-26)33-28-13-11-27(12-14-28)32-19-22-15-23(20-32)17-24(16-22)21-32/h1-14,22-24,29H,15-21H2,(H,33,35)(H,34,36)/t22?,23?,24?,29-,32?/m1/s1. The van der Waals surface area contributed by atoms with Gasteiger partial charge in [-0.1, -0.05) is 60.7 Å². The normalized spacial score (nSPS) is 26.8. The van der Waals surface area contributed by atoms with E-state index in [1.54, 1.807) is 12.1 Å². The highest BCUT2D eigenvalue weighted by Crippen LogP contribution is 2.60. The number of rotatable bonds is 7. The van der Waals surface area contributed by atoms with Crippen molar-refractivity contribution >= 4 is 17.5 Å². The third kappa shape index (κ3) is 4.69. The maximum atomic E-state index is 13.1. The summed E-state index contributed by atoms with van der Waals surface area (Å²) >= 11 is 0. The van der Waals surface area contributed by atoms with Crippen molar-refractivity contribution in [1.29, 1.82) is 0 Å². The van der Waals surface area contributed by atoms with Gasteiger partial charge in [0.15, 0.2) is 0 Å². The Kier molecular flexibility index (Phi) is 6.12. The molecule has 4 nitrogen and oxygen atoms in total. The van der Waals surface area contributed by atoms with E-state index in [-0.39, 0.29) is 18.2 Å². The molecular weight excluding hydrogens is 444 g/mol. The second-order valence-electron chi connectivity index (χ2n) is 11.3. The van der Waals surface area contributed by atoms with Gasteiger partial charge in [-0.25, -0.2) is 0 Å². The largest absolute Gasteiger partial charge is 0.345 e. The maximum absolute atomic E-state index is 13.1. The summed E-state index contributed by atoms with van der Waals surface area (Å²) in [5.74, 6) is 2.45. The van der Waals surface area contributed by atoms with Gasteiger partial charge in [-0.2, -0.15) is 0 Å². The van der Waals surface area contributed by atoms with Gasteiger partial charge >= 0.3 is 0 Å². The van der Waals surface area contributed by atoms with E-state index in [1.165, 1.54) is 44.1 Å². The van der Waals surface area contributed by atoms with Crippen LogP contribution in [-0.2, 0) is 10.2 Å². The van der Waals surface area contributed by atoms with Gasteiger partial charge in [-0.3, -0.25) is 9.59 Å². The summed E-state index contributed by atoms with van der Waals surface area (Å²) in [5.41, 5.74) is 4.12. The fourth-order valence-corrected chi connectivity index (χ4v) is 7.54. The first kappa shape index (κ1) is 23.0. The SMILES string of the molecule is O=C(C[C@@H](NC(=O)c1ccccc1)c1ccccc1)Nc1ccc(C23CC4CC(CC(C4)C2)C3)cc1. The zero-order valence-electron chi connectivity index (χ0n) is 20.7. The number of hydrogen-bond donors (Lipinski definition) is 2. The van der Waals surface area contributed by atoms with Crippen molar-refractivity contribution in [3.63, 3.8) is 0 Å². The van der Waals surface area contributed by atoms with Crippen LogP contribution in [0.3, 0.4) is 0 Å². The van der Waals surface area contributed by atoms with Crippen molar-refractivity contribution in [1.82, 2.24) is 5.32 Å². The molecule has 7 rings (SSSR count). The van der Waals surface area contributed by atoms with Crippen molar-refractivity contribution in [2.75, 3.05) is 5.32 Å². The molecule has 4 fully saturated rings. The van der Waals surface area contributed by atoms with Crippen molar-refractivity contribution in [2.45, 2.75) is 56.4 Å². The summed E-state index contributed by atoms with van der Waals surface area (Å²) in [6, 6.07) is 27.0. The van der Waals surface area contributed by atoms with Crippen LogP contribution in [0, 0.1) is 17.8 Å². The molecule has 184 valence electrons. The number of amides is 2. The minimum absolute atomic E-state index is 0.111. The van der Waals surface area contributed by atoms with Gasteiger partial charge in [-0.05, 0) is 97.1 Å². The van der Waals surface area contributed by atoms with Crippen LogP contribution in [-0.4, -0.2) is 11.8 Å². The quantitative estimate of drug-likeness (QED) is 0.399. The first-order valence-electron chi connectivity index (χ1n) is 13.4. The zero-order valence-corrected chi connectivity index (χ0v) is 20.7. The summed E-state index contributed by atoms with van der Waals surface area (Å²) < 4.78 is 0. The smallest absolute Gasteiger partial charge is 0.251 e. The van der Waals surface area contributed by atoms with Crippen LogP contribution in [0.5, 0.6) is 0 Å². The van der Waals surface area contributed by atoms with E-state index >= 15 is 0 Å². The van der Waals surface area contributed by atoms with Gasteiger partial charge in [0.25, 0.3) is 5.91 Å². The van der Waals surface area contributed by atoms with E-state index in [2.05, 4.69) is 34.9 Å². The fraction of sp³-hybridized carbons (Fsp3) is 0.375. The molecule has 0 spiro atoms. The highest BCUT2D eigenvalue weighted by molar-refractivity contribution is 5.95. The topological polar surface area (TPSA) is 58.2 Å². The Balaban J connectivity index is 1.13. The van der Waals surface area contributed by atoms with Gasteiger partial charge in [0, 0.05) is 11.3 Å². The Morgan fingerprint density at radius 2 is 1.31 bits per heavy atom. The third-order valence-corrected chi connectivity index (χ3v) is 8.75. The number of hydrogen-bond acceptors (Lipinski definition) is 2. The van der Waals surface area contributed by atoms with Crippen LogP contribution in [0.2, 0.25) is 0 Å². The van der Waals surface area contributed by atoms with E-state index in [4.69, 9.17) is 0 Å². The second kappa shape index (κ2) is 9.57. The van der Waals surface area contributed by atoms with Crippen LogP contribution in [0.4, 0.5) is 5.69 Å². The molecule has 4 heteroatoms. The number of carbonyl (C=O) groups is 2. The van der Waals surface area contributed by atoms with Gasteiger partial charge in [0.05, 0.1) is 12.5 Å². The third-order valence-electron chi connectivity index (χ3n) is 8.75. The predicted octanol–water partition coefficient (Wildman–Crippen LogP) is 6.65. The first-order valence-corrected chi connectivity index (χ1v) is 13.4. The van der Waals surface area contributed by atoms with E-state index in [1.807, 2.05) is 48.5 Å². The van der Waals surface area contributed by atoms with Gasteiger partial charge in [-0.15, -0.1) is 0 Å². The Hall–Kier alpha value is -3.40. The lowest BCUT2D eigenvalue weighted by molar-refractivity contribution is -0.116. The molecule has 4 aliphatic carbocycles. The Labute approximate surface area is 213 Å². The van der Waals surface area contributed by atoms with Crippen LogP contribution in [0.15, 0.2) is 84.9 Å². The van der Waals surface area contributed by atoms with E-state index in [0.29, 0.717) is 11.0 Å². The number of anilines is 1. The molecule has 36 heavy (non-hydrogen) atoms. The minimum Gasteiger partial charge on any atom is -0.345 e. The van der Waals surface area contributed by atoms with Crippen molar-refractivity contribution in [3.05, 3.63) is 102 Å². The lowest BCUT2D eigenvalue weighted by atomic mass is 9.48. The highest BCUT2D eigenvalue weighted by atomic mass is 16.2. The van der Waals surface area contributed by atoms with Gasteiger partial charge in [0.1, 0.15) is 0 Å². The molecule has 0 heterocycles. The zero-order chi connectivity index (χ0) is 24.5. The summed E-state index contributed by atoms with van der Waals surface area (Å²) in [5, 5.41) is 6.12. The Morgan fingerprint density at radius 1 is 0.750 bits per heavy atom. The molecule has 0 aliphatic heterocycles. The van der Waals surface area contributed by atoms with Crippen molar-refractivity contribution in [3.8, 4) is 0 Å². The molecule has 2 N–H and O–H groups in total. The molecule has 0 saturated heterocycles. The molecule has 3 aromatic rings. The molecule has 0 unspecified atom stereocenters. The first-order chi connectivity index (χ1) is 17.6. The van der Waals surface area contributed by atoms with Gasteiger partial charge < -0.3 is 10.6 Å². The molecule has 0 radical (unpaired) electrons. The average Bonchev–Trinajstić information content (AvgIpc) is 2.89.